The van der Waals surface area contributed by atoms with Crippen LogP contribution in [0.5, 0.6) is 0 Å². The number of benzene rings is 1. The highest BCUT2D eigenvalue weighted by Crippen LogP contribution is 2.16. The summed E-state index contributed by atoms with van der Waals surface area (Å²) in [4.78, 5) is 2.37. The Morgan fingerprint density at radius 3 is 2.53 bits per heavy atom. The molecule has 1 fully saturated rings. The van der Waals surface area contributed by atoms with E-state index in [9.17, 15) is 8.42 Å². The van der Waals surface area contributed by atoms with Crippen LogP contribution in [0.25, 0.3) is 0 Å². The van der Waals surface area contributed by atoms with Crippen molar-refractivity contribution in [3.8, 4) is 0 Å². The Morgan fingerprint density at radius 1 is 1.35 bits per heavy atom. The van der Waals surface area contributed by atoms with Crippen LogP contribution in [0.3, 0.4) is 0 Å². The third kappa shape index (κ3) is 3.19. The lowest BCUT2D eigenvalue weighted by Gasteiger charge is -2.13. The van der Waals surface area contributed by atoms with Gasteiger partial charge in [-0.25, -0.2) is 13.1 Å². The van der Waals surface area contributed by atoms with Crippen molar-refractivity contribution in [1.82, 2.24) is 9.62 Å². The monoisotopic (exact) mass is 274 g/mol. The molecule has 4 nitrogen and oxygen atoms in total. The van der Waals surface area contributed by atoms with E-state index in [1.54, 1.807) is 12.1 Å². The maximum absolute atomic E-state index is 12.0. The van der Waals surface area contributed by atoms with Crippen molar-refractivity contribution >= 4 is 21.6 Å². The van der Waals surface area contributed by atoms with Crippen LogP contribution in [-0.2, 0) is 10.0 Å². The normalized spacial score (nSPS) is 21.9. The zero-order valence-electron chi connectivity index (χ0n) is 9.56. The van der Waals surface area contributed by atoms with Crippen LogP contribution in [0.15, 0.2) is 29.2 Å². The highest BCUT2D eigenvalue weighted by molar-refractivity contribution is 7.89. The molecular formula is C11H15ClN2O2S. The molecule has 6 heteroatoms. The number of likely N-dealkylation sites (N-methyl/N-ethyl adjacent to an activating group) is 1. The standard InChI is InChI=1S/C11H15ClN2O2S/c1-14-7-6-10(8-14)13-17(15,16)11-4-2-9(12)3-5-11/h2-5,10,13H,6-8H2,1H3. The third-order valence-corrected chi connectivity index (χ3v) is 4.63. The molecule has 0 amide bonds. The van der Waals surface area contributed by atoms with Gasteiger partial charge in [-0.05, 0) is 44.3 Å². The largest absolute Gasteiger partial charge is 0.305 e. The molecule has 2 rings (SSSR count). The second-order valence-electron chi connectivity index (χ2n) is 4.32. The first-order chi connectivity index (χ1) is 7.97. The lowest BCUT2D eigenvalue weighted by Crippen LogP contribution is -2.36. The van der Waals surface area contributed by atoms with Crippen LogP contribution in [0, 0.1) is 0 Å². The van der Waals surface area contributed by atoms with Crippen LogP contribution in [0.2, 0.25) is 5.02 Å². The molecular weight excluding hydrogens is 260 g/mol. The Balaban J connectivity index is 2.11. The number of sulfonamides is 1. The van der Waals surface area contributed by atoms with Crippen LogP contribution in [0.1, 0.15) is 6.42 Å². The van der Waals surface area contributed by atoms with E-state index in [1.165, 1.54) is 12.1 Å². The minimum absolute atomic E-state index is 0.000628. The van der Waals surface area contributed by atoms with Crippen molar-refractivity contribution < 1.29 is 8.42 Å². The molecule has 1 aromatic rings. The van der Waals surface area contributed by atoms with Crippen molar-refractivity contribution in [2.24, 2.45) is 0 Å². The Labute approximate surface area is 107 Å². The fourth-order valence-electron chi connectivity index (χ4n) is 1.93. The van der Waals surface area contributed by atoms with E-state index in [2.05, 4.69) is 9.62 Å². The fourth-order valence-corrected chi connectivity index (χ4v) is 3.32. The van der Waals surface area contributed by atoms with Crippen LogP contribution in [0.4, 0.5) is 0 Å². The molecule has 0 spiro atoms. The summed E-state index contributed by atoms with van der Waals surface area (Å²) in [7, 11) is -1.44. The number of hydrogen-bond acceptors (Lipinski definition) is 3. The minimum Gasteiger partial charge on any atom is -0.305 e. The average molecular weight is 275 g/mol. The summed E-state index contributed by atoms with van der Waals surface area (Å²) in [6.45, 7) is 1.68. The first-order valence-corrected chi connectivity index (χ1v) is 7.30. The predicted octanol–water partition coefficient (Wildman–Crippen LogP) is 1.32. The van der Waals surface area contributed by atoms with Crippen molar-refractivity contribution in [3.05, 3.63) is 29.3 Å². The smallest absolute Gasteiger partial charge is 0.240 e. The Hall–Kier alpha value is -0.620. The molecule has 0 bridgehead atoms. The van der Waals surface area contributed by atoms with E-state index in [0.29, 0.717) is 5.02 Å². The van der Waals surface area contributed by atoms with Crippen molar-refractivity contribution in [2.75, 3.05) is 20.1 Å². The molecule has 1 unspecified atom stereocenters. The lowest BCUT2D eigenvalue weighted by atomic mass is 10.3. The Bertz CT molecular complexity index is 487. The number of nitrogens with one attached hydrogen (secondary N) is 1. The first-order valence-electron chi connectivity index (χ1n) is 5.44. The molecule has 1 atom stereocenters. The van der Waals surface area contributed by atoms with Gasteiger partial charge in [-0.15, -0.1) is 0 Å². The quantitative estimate of drug-likeness (QED) is 0.905. The van der Waals surface area contributed by atoms with Gasteiger partial charge < -0.3 is 4.90 Å². The van der Waals surface area contributed by atoms with Gasteiger partial charge in [-0.3, -0.25) is 0 Å². The molecule has 1 heterocycles. The number of halogens is 1. The summed E-state index contributed by atoms with van der Waals surface area (Å²) in [6.07, 6.45) is 0.851. The Kier molecular flexibility index (Phi) is 3.73. The molecule has 0 radical (unpaired) electrons. The molecule has 1 saturated heterocycles. The number of likely N-dealkylation sites (tertiary alicyclic amines) is 1. The van der Waals surface area contributed by atoms with Crippen molar-refractivity contribution in [1.29, 1.82) is 0 Å². The summed E-state index contributed by atoms with van der Waals surface area (Å²) in [6, 6.07) is 6.20. The molecule has 1 aromatic carbocycles. The molecule has 1 N–H and O–H groups in total. The SMILES string of the molecule is CN1CCC(NS(=O)(=O)c2ccc(Cl)cc2)C1. The number of nitrogens with zero attached hydrogens (tertiary/aromatic N) is 1. The summed E-state index contributed by atoms with van der Waals surface area (Å²) in [5.74, 6) is 0. The van der Waals surface area contributed by atoms with Gasteiger partial charge in [-0.2, -0.15) is 0 Å². The maximum Gasteiger partial charge on any atom is 0.240 e. The van der Waals surface area contributed by atoms with Gasteiger partial charge in [-0.1, -0.05) is 11.6 Å². The molecule has 0 saturated carbocycles. The fraction of sp³-hybridized carbons (Fsp3) is 0.455. The maximum atomic E-state index is 12.0. The highest BCUT2D eigenvalue weighted by atomic mass is 35.5. The van der Waals surface area contributed by atoms with Gasteiger partial charge in [0.2, 0.25) is 10.0 Å². The number of hydrogen-bond donors (Lipinski definition) is 1. The average Bonchev–Trinajstić information content (AvgIpc) is 2.63. The molecule has 17 heavy (non-hydrogen) atoms. The van der Waals surface area contributed by atoms with Crippen LogP contribution < -0.4 is 4.72 Å². The molecule has 0 aromatic heterocycles. The van der Waals surface area contributed by atoms with E-state index in [1.807, 2.05) is 7.05 Å². The summed E-state index contributed by atoms with van der Waals surface area (Å²) in [5, 5.41) is 0.532. The van der Waals surface area contributed by atoms with Crippen molar-refractivity contribution in [3.63, 3.8) is 0 Å². The van der Waals surface area contributed by atoms with Gasteiger partial charge in [0.05, 0.1) is 4.90 Å². The summed E-state index contributed by atoms with van der Waals surface area (Å²) >= 11 is 5.73. The van der Waals surface area contributed by atoms with E-state index in [-0.39, 0.29) is 10.9 Å². The molecule has 94 valence electrons. The summed E-state index contributed by atoms with van der Waals surface area (Å²) < 4.78 is 26.8. The molecule has 0 aliphatic carbocycles. The van der Waals surface area contributed by atoms with Gasteiger partial charge in [0.15, 0.2) is 0 Å². The molecule has 1 aliphatic rings. The number of rotatable bonds is 3. The third-order valence-electron chi connectivity index (χ3n) is 2.84. The van der Waals surface area contributed by atoms with Gasteiger partial charge in [0.1, 0.15) is 0 Å². The van der Waals surface area contributed by atoms with E-state index >= 15 is 0 Å². The lowest BCUT2D eigenvalue weighted by molar-refractivity contribution is 0.407. The second kappa shape index (κ2) is 4.94. The van der Waals surface area contributed by atoms with Crippen LogP contribution >= 0.6 is 11.6 Å². The first kappa shape index (κ1) is 12.8. The zero-order valence-corrected chi connectivity index (χ0v) is 11.1. The zero-order chi connectivity index (χ0) is 12.5. The van der Waals surface area contributed by atoms with Gasteiger partial charge in [0.25, 0.3) is 0 Å². The second-order valence-corrected chi connectivity index (χ2v) is 6.47. The minimum atomic E-state index is -3.42. The van der Waals surface area contributed by atoms with Gasteiger partial charge in [0, 0.05) is 17.6 Å². The van der Waals surface area contributed by atoms with E-state index < -0.39 is 10.0 Å². The molecule has 1 aliphatic heterocycles. The van der Waals surface area contributed by atoms with Crippen LogP contribution in [-0.4, -0.2) is 39.5 Å². The predicted molar refractivity (Wildman–Crippen MR) is 67.7 cm³/mol. The van der Waals surface area contributed by atoms with E-state index in [4.69, 9.17) is 11.6 Å². The summed E-state index contributed by atoms with van der Waals surface area (Å²) in [5.41, 5.74) is 0. The topological polar surface area (TPSA) is 49.4 Å². The van der Waals surface area contributed by atoms with Gasteiger partial charge >= 0.3 is 0 Å². The highest BCUT2D eigenvalue weighted by Gasteiger charge is 2.25. The van der Waals surface area contributed by atoms with Crippen molar-refractivity contribution in [2.45, 2.75) is 17.4 Å². The Morgan fingerprint density at radius 2 is 2.00 bits per heavy atom. The van der Waals surface area contributed by atoms with E-state index in [0.717, 1.165) is 19.5 Å².